The maximum Gasteiger partial charge on any atom is 0.233 e. The molecule has 6 nitrogen and oxygen atoms in total. The Morgan fingerprint density at radius 2 is 1.83 bits per heavy atom. The topological polar surface area (TPSA) is 73.8 Å². The van der Waals surface area contributed by atoms with Crippen LogP contribution >= 0.6 is 0 Å². The summed E-state index contributed by atoms with van der Waals surface area (Å²) in [6.07, 6.45) is 6.00. The molecule has 3 aliphatic carbocycles. The number of guanidine groups is 1. The van der Waals surface area contributed by atoms with Crippen LogP contribution in [0.2, 0.25) is 0 Å². The van der Waals surface area contributed by atoms with E-state index in [-0.39, 0.29) is 53.3 Å². The number of likely N-dealkylation sites (tertiary alicyclic amines) is 1. The highest BCUT2D eigenvalue weighted by atomic mass is 19.1. The van der Waals surface area contributed by atoms with Crippen LogP contribution in [0.5, 0.6) is 0 Å². The first-order valence-electron chi connectivity index (χ1n) is 10.3. The van der Waals surface area contributed by atoms with Gasteiger partial charge in [0.15, 0.2) is 5.96 Å². The average Bonchev–Trinajstić information content (AvgIpc) is 3.06. The predicted octanol–water partition coefficient (Wildman–Crippen LogP) is 1.65. The molecule has 29 heavy (non-hydrogen) atoms. The largest absolute Gasteiger partial charge is 0.355 e. The lowest BCUT2D eigenvalue weighted by molar-refractivity contribution is -0.140. The van der Waals surface area contributed by atoms with E-state index in [1.165, 1.54) is 11.0 Å². The summed E-state index contributed by atoms with van der Waals surface area (Å²) < 4.78 is 13.9. The molecule has 3 fully saturated rings. The number of fused-ring (bicyclic) bond motifs is 5. The highest BCUT2D eigenvalue weighted by Gasteiger charge is 2.58. The van der Waals surface area contributed by atoms with Crippen LogP contribution in [0.25, 0.3) is 0 Å². The van der Waals surface area contributed by atoms with Gasteiger partial charge in [0.1, 0.15) is 5.82 Å². The molecule has 1 heterocycles. The zero-order valence-electron chi connectivity index (χ0n) is 16.3. The summed E-state index contributed by atoms with van der Waals surface area (Å²) in [6.45, 7) is 0.780. The smallest absolute Gasteiger partial charge is 0.233 e. The zero-order valence-corrected chi connectivity index (χ0v) is 16.3. The minimum Gasteiger partial charge on any atom is -0.355 e. The van der Waals surface area contributed by atoms with Crippen molar-refractivity contribution in [2.24, 2.45) is 28.7 Å². The number of benzene rings is 1. The summed E-state index contributed by atoms with van der Waals surface area (Å²) in [5.74, 6) is 0.689. The Bertz CT molecular complexity index is 884. The Labute approximate surface area is 169 Å². The van der Waals surface area contributed by atoms with E-state index in [1.807, 2.05) is 12.1 Å². The van der Waals surface area contributed by atoms with Gasteiger partial charge in [-0.25, -0.2) is 4.39 Å². The normalized spacial score (nSPS) is 34.7. The number of allylic oxidation sites excluding steroid dienone is 2. The van der Waals surface area contributed by atoms with Gasteiger partial charge in [-0.05, 0) is 36.3 Å². The lowest BCUT2D eigenvalue weighted by Crippen LogP contribution is -2.44. The van der Waals surface area contributed by atoms with Gasteiger partial charge in [0.05, 0.1) is 11.8 Å². The summed E-state index contributed by atoms with van der Waals surface area (Å²) in [7, 11) is 1.68. The maximum atomic E-state index is 13.9. The van der Waals surface area contributed by atoms with Gasteiger partial charge >= 0.3 is 0 Å². The minimum absolute atomic E-state index is 0.0246. The van der Waals surface area contributed by atoms with Crippen LogP contribution in [0.15, 0.2) is 41.4 Å². The second-order valence-corrected chi connectivity index (χ2v) is 8.44. The number of amides is 2. The molecule has 2 amide bonds. The van der Waals surface area contributed by atoms with Gasteiger partial charge in [0.25, 0.3) is 0 Å². The van der Waals surface area contributed by atoms with Crippen molar-refractivity contribution < 1.29 is 14.0 Å². The number of imide groups is 1. The summed E-state index contributed by atoms with van der Waals surface area (Å²) in [5.41, 5.74) is 0.725. The zero-order chi connectivity index (χ0) is 20.1. The SMILES string of the molecule is CN=C(NCCN1C(=O)C2C3C=CC(C3)C2C1=O)NC1CC1c1ccccc1F. The van der Waals surface area contributed by atoms with Crippen LogP contribution in [-0.2, 0) is 9.59 Å². The number of nitrogens with zero attached hydrogens (tertiary/aromatic N) is 2. The Morgan fingerprint density at radius 3 is 2.48 bits per heavy atom. The van der Waals surface area contributed by atoms with Crippen molar-refractivity contribution in [2.75, 3.05) is 20.1 Å². The molecule has 2 bridgehead atoms. The van der Waals surface area contributed by atoms with E-state index < -0.39 is 0 Å². The van der Waals surface area contributed by atoms with Crippen LogP contribution in [-0.4, -0.2) is 48.9 Å². The van der Waals surface area contributed by atoms with Crippen LogP contribution in [0, 0.1) is 29.5 Å². The fourth-order valence-corrected chi connectivity index (χ4v) is 5.31. The summed E-state index contributed by atoms with van der Waals surface area (Å²) in [4.78, 5) is 31.1. The van der Waals surface area contributed by atoms with Gasteiger partial charge in [-0.2, -0.15) is 0 Å². The Morgan fingerprint density at radius 1 is 1.14 bits per heavy atom. The van der Waals surface area contributed by atoms with E-state index >= 15 is 0 Å². The van der Waals surface area contributed by atoms with E-state index in [2.05, 4.69) is 27.8 Å². The van der Waals surface area contributed by atoms with Crippen LogP contribution in [0.1, 0.15) is 24.3 Å². The van der Waals surface area contributed by atoms with Crippen molar-refractivity contribution in [3.8, 4) is 0 Å². The number of halogens is 1. The van der Waals surface area contributed by atoms with Crippen LogP contribution in [0.3, 0.4) is 0 Å². The molecule has 1 saturated heterocycles. The first kappa shape index (κ1) is 18.3. The average molecular weight is 396 g/mol. The molecule has 7 heteroatoms. The van der Waals surface area contributed by atoms with Gasteiger partial charge < -0.3 is 10.6 Å². The number of aliphatic imine (C=N–C) groups is 1. The molecule has 6 atom stereocenters. The molecule has 6 unspecified atom stereocenters. The quantitative estimate of drug-likeness (QED) is 0.344. The first-order chi connectivity index (χ1) is 14.1. The molecule has 0 aromatic heterocycles. The maximum absolute atomic E-state index is 13.9. The molecular weight excluding hydrogens is 371 g/mol. The molecule has 0 spiro atoms. The van der Waals surface area contributed by atoms with Crippen molar-refractivity contribution in [1.82, 2.24) is 15.5 Å². The Hall–Kier alpha value is -2.70. The molecular formula is C22H25FN4O2. The molecule has 0 radical (unpaired) electrons. The first-order valence-corrected chi connectivity index (χ1v) is 10.3. The van der Waals surface area contributed by atoms with Crippen molar-refractivity contribution in [3.63, 3.8) is 0 Å². The number of rotatable bonds is 5. The molecule has 2 saturated carbocycles. The highest BCUT2D eigenvalue weighted by molar-refractivity contribution is 6.06. The number of hydrogen-bond donors (Lipinski definition) is 2. The molecule has 152 valence electrons. The van der Waals surface area contributed by atoms with E-state index in [0.29, 0.717) is 19.0 Å². The van der Waals surface area contributed by atoms with Gasteiger partial charge in [-0.15, -0.1) is 0 Å². The second kappa shape index (κ2) is 6.97. The predicted molar refractivity (Wildman–Crippen MR) is 106 cm³/mol. The van der Waals surface area contributed by atoms with E-state index in [9.17, 15) is 14.0 Å². The fraction of sp³-hybridized carbons (Fsp3) is 0.500. The molecule has 4 aliphatic rings. The number of carbonyl (C=O) groups excluding carboxylic acids is 2. The van der Waals surface area contributed by atoms with E-state index in [1.54, 1.807) is 13.1 Å². The summed E-state index contributed by atoms with van der Waals surface area (Å²) in [5, 5.41) is 6.48. The lowest BCUT2D eigenvalue weighted by Gasteiger charge is -2.18. The Kier molecular flexibility index (Phi) is 4.41. The lowest BCUT2D eigenvalue weighted by atomic mass is 9.85. The van der Waals surface area contributed by atoms with Crippen LogP contribution in [0.4, 0.5) is 4.39 Å². The highest BCUT2D eigenvalue weighted by Crippen LogP contribution is 2.52. The van der Waals surface area contributed by atoms with Crippen molar-refractivity contribution in [2.45, 2.75) is 24.8 Å². The third-order valence-corrected chi connectivity index (χ3v) is 6.83. The Balaban J connectivity index is 1.13. The van der Waals surface area contributed by atoms with E-state index in [4.69, 9.17) is 0 Å². The van der Waals surface area contributed by atoms with Crippen molar-refractivity contribution in [1.29, 1.82) is 0 Å². The third-order valence-electron chi connectivity index (χ3n) is 6.83. The molecule has 1 aliphatic heterocycles. The fourth-order valence-electron chi connectivity index (χ4n) is 5.31. The number of nitrogens with one attached hydrogen (secondary N) is 2. The standard InChI is InChI=1S/C22H25FN4O2/c1-24-22(26-17-11-15(17)14-4-2-3-5-16(14)23)25-8-9-27-20(28)18-12-6-7-13(10-12)19(18)21(27)29/h2-7,12-13,15,17-19H,8-11H2,1H3,(H2,24,25,26). The number of carbonyl (C=O) groups is 2. The summed E-state index contributed by atoms with van der Waals surface area (Å²) >= 11 is 0. The molecule has 2 N–H and O–H groups in total. The van der Waals surface area contributed by atoms with Gasteiger partial charge in [-0.1, -0.05) is 30.4 Å². The van der Waals surface area contributed by atoms with E-state index in [0.717, 1.165) is 18.4 Å². The third kappa shape index (κ3) is 3.03. The van der Waals surface area contributed by atoms with Gasteiger partial charge in [0, 0.05) is 32.1 Å². The minimum atomic E-state index is -0.176. The monoisotopic (exact) mass is 396 g/mol. The van der Waals surface area contributed by atoms with Crippen molar-refractivity contribution in [3.05, 3.63) is 47.8 Å². The van der Waals surface area contributed by atoms with Crippen molar-refractivity contribution >= 4 is 17.8 Å². The molecule has 5 rings (SSSR count). The van der Waals surface area contributed by atoms with Crippen LogP contribution < -0.4 is 10.6 Å². The molecule has 1 aromatic carbocycles. The summed E-state index contributed by atoms with van der Waals surface area (Å²) in [6, 6.07) is 6.98. The number of hydrogen-bond acceptors (Lipinski definition) is 3. The van der Waals surface area contributed by atoms with Gasteiger partial charge in [0.2, 0.25) is 11.8 Å². The second-order valence-electron chi connectivity index (χ2n) is 8.44. The van der Waals surface area contributed by atoms with Gasteiger partial charge in [-0.3, -0.25) is 19.5 Å². The molecule has 1 aromatic rings.